The fourth-order valence-electron chi connectivity index (χ4n) is 5.06. The van der Waals surface area contributed by atoms with Crippen LogP contribution in [0.25, 0.3) is 10.9 Å². The van der Waals surface area contributed by atoms with E-state index in [9.17, 15) is 5.26 Å². The van der Waals surface area contributed by atoms with Gasteiger partial charge in [0.25, 0.3) is 0 Å². The number of hydrogen-bond acceptors (Lipinski definition) is 3. The van der Waals surface area contributed by atoms with Gasteiger partial charge in [0, 0.05) is 22.7 Å². The molecule has 4 heteroatoms. The minimum absolute atomic E-state index is 0.305. The molecule has 3 aromatic rings. The third-order valence-electron chi connectivity index (χ3n) is 6.52. The van der Waals surface area contributed by atoms with Crippen molar-refractivity contribution in [2.75, 3.05) is 5.32 Å². The summed E-state index contributed by atoms with van der Waals surface area (Å²) in [7, 11) is 0. The van der Waals surface area contributed by atoms with Crippen LogP contribution in [0.2, 0.25) is 0 Å². The largest absolute Gasteiger partial charge is 0.378 e. The van der Waals surface area contributed by atoms with Crippen LogP contribution in [-0.4, -0.2) is 10.2 Å². The van der Waals surface area contributed by atoms with Gasteiger partial charge in [-0.1, -0.05) is 25.3 Å². The molecule has 28 heavy (non-hydrogen) atoms. The van der Waals surface area contributed by atoms with Gasteiger partial charge >= 0.3 is 0 Å². The number of aromatic nitrogens is 2. The fourth-order valence-corrected chi connectivity index (χ4v) is 5.06. The number of rotatable bonds is 3. The number of fused-ring (bicyclic) bond motifs is 2. The molecule has 2 aliphatic rings. The lowest BCUT2D eigenvalue weighted by atomic mass is 9.85. The zero-order valence-corrected chi connectivity index (χ0v) is 16.2. The van der Waals surface area contributed by atoms with E-state index in [0.717, 1.165) is 36.0 Å². The molecule has 142 valence electrons. The van der Waals surface area contributed by atoms with E-state index in [1.54, 1.807) is 0 Å². The number of H-pyrrole nitrogens is 1. The van der Waals surface area contributed by atoms with E-state index in [0.29, 0.717) is 12.0 Å². The number of nitriles is 1. The van der Waals surface area contributed by atoms with Crippen molar-refractivity contribution in [3.05, 3.63) is 58.8 Å². The first kappa shape index (κ1) is 17.3. The zero-order chi connectivity index (χ0) is 18.9. The molecule has 0 bridgehead atoms. The molecule has 5 rings (SSSR count). The molecule has 1 heterocycles. The van der Waals surface area contributed by atoms with E-state index < -0.39 is 0 Å². The SMILES string of the molecule is N#Cc1ccc2c(c1)CCCC2Nc1ccc2n[nH]c(C3CCCCC3)c2c1. The Balaban J connectivity index is 1.44. The summed E-state index contributed by atoms with van der Waals surface area (Å²) in [4.78, 5) is 0. The molecule has 4 nitrogen and oxygen atoms in total. The van der Waals surface area contributed by atoms with Crippen LogP contribution in [0.3, 0.4) is 0 Å². The van der Waals surface area contributed by atoms with E-state index in [2.05, 4.69) is 51.9 Å². The van der Waals surface area contributed by atoms with Gasteiger partial charge in [-0.2, -0.15) is 10.4 Å². The van der Waals surface area contributed by atoms with Crippen LogP contribution in [-0.2, 0) is 6.42 Å². The smallest absolute Gasteiger partial charge is 0.0991 e. The van der Waals surface area contributed by atoms with Crippen molar-refractivity contribution in [1.29, 1.82) is 5.26 Å². The average Bonchev–Trinajstić information content (AvgIpc) is 3.17. The second-order valence-corrected chi connectivity index (χ2v) is 8.32. The van der Waals surface area contributed by atoms with E-state index in [1.165, 1.54) is 54.3 Å². The summed E-state index contributed by atoms with van der Waals surface area (Å²) in [5.74, 6) is 0.619. The van der Waals surface area contributed by atoms with Crippen LogP contribution >= 0.6 is 0 Å². The molecule has 1 saturated carbocycles. The van der Waals surface area contributed by atoms with E-state index in [1.807, 2.05) is 6.07 Å². The molecule has 2 N–H and O–H groups in total. The highest BCUT2D eigenvalue weighted by molar-refractivity contribution is 5.85. The first-order chi connectivity index (χ1) is 13.8. The summed E-state index contributed by atoms with van der Waals surface area (Å²) >= 11 is 0. The Morgan fingerprint density at radius 2 is 1.89 bits per heavy atom. The molecule has 1 aromatic heterocycles. The van der Waals surface area contributed by atoms with E-state index in [-0.39, 0.29) is 0 Å². The van der Waals surface area contributed by atoms with Gasteiger partial charge in [0.05, 0.1) is 23.2 Å². The van der Waals surface area contributed by atoms with Gasteiger partial charge in [-0.3, -0.25) is 5.10 Å². The number of hydrogen-bond donors (Lipinski definition) is 2. The minimum Gasteiger partial charge on any atom is -0.378 e. The van der Waals surface area contributed by atoms with Crippen LogP contribution in [0.5, 0.6) is 0 Å². The van der Waals surface area contributed by atoms with Gasteiger partial charge in [0.2, 0.25) is 0 Å². The van der Waals surface area contributed by atoms with Gasteiger partial charge in [-0.25, -0.2) is 0 Å². The number of anilines is 1. The van der Waals surface area contributed by atoms with Crippen LogP contribution in [0.1, 0.15) is 79.3 Å². The zero-order valence-electron chi connectivity index (χ0n) is 16.2. The second kappa shape index (κ2) is 7.31. The maximum absolute atomic E-state index is 9.18. The van der Waals surface area contributed by atoms with Gasteiger partial charge < -0.3 is 5.32 Å². The van der Waals surface area contributed by atoms with Crippen molar-refractivity contribution in [2.24, 2.45) is 0 Å². The topological polar surface area (TPSA) is 64.5 Å². The van der Waals surface area contributed by atoms with Crippen LogP contribution < -0.4 is 5.32 Å². The van der Waals surface area contributed by atoms with Gasteiger partial charge in [0.1, 0.15) is 0 Å². The van der Waals surface area contributed by atoms with Crippen molar-refractivity contribution in [3.8, 4) is 6.07 Å². The molecule has 1 unspecified atom stereocenters. The normalized spacial score (nSPS) is 19.9. The fraction of sp³-hybridized carbons (Fsp3) is 0.417. The van der Waals surface area contributed by atoms with E-state index >= 15 is 0 Å². The van der Waals surface area contributed by atoms with E-state index in [4.69, 9.17) is 0 Å². The number of aryl methyl sites for hydroxylation is 1. The number of benzene rings is 2. The Morgan fingerprint density at radius 3 is 2.75 bits per heavy atom. The summed E-state index contributed by atoms with van der Waals surface area (Å²) in [6.07, 6.45) is 9.90. The Bertz CT molecular complexity index is 1040. The van der Waals surface area contributed by atoms with Crippen LogP contribution in [0, 0.1) is 11.3 Å². The maximum Gasteiger partial charge on any atom is 0.0991 e. The standard InChI is InChI=1S/C24H26N4/c25-15-16-9-11-20-18(13-16)7-4-8-22(20)26-19-10-12-23-21(14-19)24(28-27-23)17-5-2-1-3-6-17/h9-14,17,22,26H,1-8H2,(H,27,28). The number of nitrogens with one attached hydrogen (secondary N) is 2. The molecule has 2 aliphatic carbocycles. The Labute approximate surface area is 166 Å². The molecule has 1 fully saturated rings. The number of aromatic amines is 1. The highest BCUT2D eigenvalue weighted by Gasteiger charge is 2.22. The summed E-state index contributed by atoms with van der Waals surface area (Å²) in [5.41, 5.74) is 6.96. The molecular formula is C24H26N4. The Kier molecular flexibility index (Phi) is 4.52. The predicted molar refractivity (Wildman–Crippen MR) is 112 cm³/mol. The maximum atomic E-state index is 9.18. The van der Waals surface area contributed by atoms with Crippen LogP contribution in [0.4, 0.5) is 5.69 Å². The monoisotopic (exact) mass is 370 g/mol. The predicted octanol–water partition coefficient (Wildman–Crippen LogP) is 5.97. The Hall–Kier alpha value is -2.80. The first-order valence-corrected chi connectivity index (χ1v) is 10.6. The van der Waals surface area contributed by atoms with Crippen LogP contribution in [0.15, 0.2) is 36.4 Å². The molecule has 2 aromatic carbocycles. The van der Waals surface area contributed by atoms with Crippen molar-refractivity contribution in [1.82, 2.24) is 10.2 Å². The third kappa shape index (κ3) is 3.16. The molecular weight excluding hydrogens is 344 g/mol. The summed E-state index contributed by atoms with van der Waals surface area (Å²) < 4.78 is 0. The van der Waals surface area contributed by atoms with Gasteiger partial charge in [-0.15, -0.1) is 0 Å². The second-order valence-electron chi connectivity index (χ2n) is 8.32. The van der Waals surface area contributed by atoms with Crippen molar-refractivity contribution in [3.63, 3.8) is 0 Å². The molecule has 0 saturated heterocycles. The first-order valence-electron chi connectivity index (χ1n) is 10.6. The third-order valence-corrected chi connectivity index (χ3v) is 6.52. The summed E-state index contributed by atoms with van der Waals surface area (Å²) in [5, 5.41) is 22.1. The number of nitrogens with zero attached hydrogens (tertiary/aromatic N) is 2. The summed E-state index contributed by atoms with van der Waals surface area (Å²) in [6, 6.07) is 15.3. The molecule has 0 radical (unpaired) electrons. The quantitative estimate of drug-likeness (QED) is 0.597. The Morgan fingerprint density at radius 1 is 1.00 bits per heavy atom. The average molecular weight is 371 g/mol. The molecule has 0 spiro atoms. The lowest BCUT2D eigenvalue weighted by Crippen LogP contribution is -2.17. The lowest BCUT2D eigenvalue weighted by molar-refractivity contribution is 0.438. The van der Waals surface area contributed by atoms with Gasteiger partial charge in [0.15, 0.2) is 0 Å². The van der Waals surface area contributed by atoms with Crippen molar-refractivity contribution in [2.45, 2.75) is 63.3 Å². The minimum atomic E-state index is 0.305. The molecule has 1 atom stereocenters. The van der Waals surface area contributed by atoms with Crippen molar-refractivity contribution >= 4 is 16.6 Å². The highest BCUT2D eigenvalue weighted by atomic mass is 15.1. The van der Waals surface area contributed by atoms with Gasteiger partial charge in [-0.05, 0) is 73.6 Å². The molecule has 0 aliphatic heterocycles. The summed E-state index contributed by atoms with van der Waals surface area (Å²) in [6.45, 7) is 0. The molecule has 0 amide bonds. The highest BCUT2D eigenvalue weighted by Crippen LogP contribution is 2.37. The van der Waals surface area contributed by atoms with Crippen molar-refractivity contribution < 1.29 is 0 Å². The lowest BCUT2D eigenvalue weighted by Gasteiger charge is -2.27.